The van der Waals surface area contributed by atoms with E-state index in [4.69, 9.17) is 0 Å². The van der Waals surface area contributed by atoms with Gasteiger partial charge in [0.15, 0.2) is 0 Å². The molecule has 0 bridgehead atoms. The van der Waals surface area contributed by atoms with Gasteiger partial charge in [0.2, 0.25) is 0 Å². The second-order valence-electron chi connectivity index (χ2n) is 3.06. The first-order valence-electron chi connectivity index (χ1n) is 3.91. The number of aliphatic hydroxyl groups is 1. The van der Waals surface area contributed by atoms with E-state index in [2.05, 4.69) is 4.98 Å². The second-order valence-corrected chi connectivity index (χ2v) is 3.95. The molecule has 1 N–H and O–H groups in total. The topological polar surface area (TPSA) is 33.1 Å². The van der Waals surface area contributed by atoms with Gasteiger partial charge in [0.1, 0.15) is 0 Å². The lowest BCUT2D eigenvalue weighted by Gasteiger charge is -1.95. The minimum absolute atomic E-state index is 0.404. The highest BCUT2D eigenvalue weighted by Gasteiger charge is 2.26. The van der Waals surface area contributed by atoms with Gasteiger partial charge in [-0.15, -0.1) is 11.3 Å². The first-order valence-corrected chi connectivity index (χ1v) is 4.78. The van der Waals surface area contributed by atoms with E-state index in [0.717, 1.165) is 5.69 Å². The zero-order chi connectivity index (χ0) is 7.84. The number of thiazole rings is 1. The molecule has 1 saturated carbocycles. The average Bonchev–Trinajstić information content (AvgIpc) is 2.68. The maximum atomic E-state index is 9.18. The standard InChI is InChI=1S/C8H11NOS/c1-5(10)7-4-11-8(9-7)6-2-3-6/h4-6,10H,2-3H2,1H3. The average molecular weight is 169 g/mol. The van der Waals surface area contributed by atoms with Crippen LogP contribution in [0, 0.1) is 0 Å². The van der Waals surface area contributed by atoms with Crippen molar-refractivity contribution in [2.45, 2.75) is 31.8 Å². The van der Waals surface area contributed by atoms with E-state index in [1.807, 2.05) is 5.38 Å². The molecule has 2 nitrogen and oxygen atoms in total. The first kappa shape index (κ1) is 7.25. The quantitative estimate of drug-likeness (QED) is 0.735. The van der Waals surface area contributed by atoms with Gasteiger partial charge < -0.3 is 5.11 Å². The van der Waals surface area contributed by atoms with E-state index in [0.29, 0.717) is 5.92 Å². The van der Waals surface area contributed by atoms with E-state index in [-0.39, 0.29) is 0 Å². The molecule has 1 atom stereocenters. The van der Waals surface area contributed by atoms with Crippen molar-refractivity contribution >= 4 is 11.3 Å². The highest BCUT2D eigenvalue weighted by molar-refractivity contribution is 7.09. The number of hydrogen-bond donors (Lipinski definition) is 1. The molecular weight excluding hydrogens is 158 g/mol. The van der Waals surface area contributed by atoms with Gasteiger partial charge in [-0.1, -0.05) is 0 Å². The maximum absolute atomic E-state index is 9.18. The molecule has 0 aliphatic heterocycles. The molecular formula is C8H11NOS. The van der Waals surface area contributed by atoms with Crippen LogP contribution in [-0.4, -0.2) is 10.1 Å². The summed E-state index contributed by atoms with van der Waals surface area (Å²) in [5, 5.41) is 12.3. The first-order chi connectivity index (χ1) is 5.27. The third kappa shape index (κ3) is 1.44. The summed E-state index contributed by atoms with van der Waals surface area (Å²) in [6.07, 6.45) is 2.17. The normalized spacial score (nSPS) is 20.2. The van der Waals surface area contributed by atoms with Gasteiger partial charge in [0.25, 0.3) is 0 Å². The van der Waals surface area contributed by atoms with Crippen molar-refractivity contribution in [2.75, 3.05) is 0 Å². The number of rotatable bonds is 2. The van der Waals surface area contributed by atoms with Crippen LogP contribution in [0.1, 0.15) is 42.5 Å². The lowest BCUT2D eigenvalue weighted by atomic mass is 10.3. The number of hydrogen-bond acceptors (Lipinski definition) is 3. The van der Waals surface area contributed by atoms with Crippen LogP contribution in [-0.2, 0) is 0 Å². The smallest absolute Gasteiger partial charge is 0.0960 e. The Morgan fingerprint density at radius 3 is 2.91 bits per heavy atom. The summed E-state index contributed by atoms with van der Waals surface area (Å²) >= 11 is 1.68. The zero-order valence-electron chi connectivity index (χ0n) is 6.45. The molecule has 1 heterocycles. The van der Waals surface area contributed by atoms with E-state index < -0.39 is 6.10 Å². The lowest BCUT2D eigenvalue weighted by Crippen LogP contribution is -1.90. The van der Waals surface area contributed by atoms with Crippen molar-refractivity contribution in [1.29, 1.82) is 0 Å². The van der Waals surface area contributed by atoms with Crippen LogP contribution in [0.4, 0.5) is 0 Å². The Hall–Kier alpha value is -0.410. The summed E-state index contributed by atoms with van der Waals surface area (Å²) in [6, 6.07) is 0. The third-order valence-corrected chi connectivity index (χ3v) is 2.92. The predicted octanol–water partition coefficient (Wildman–Crippen LogP) is 2.07. The van der Waals surface area contributed by atoms with Crippen molar-refractivity contribution in [1.82, 2.24) is 4.98 Å². The molecule has 11 heavy (non-hydrogen) atoms. The van der Waals surface area contributed by atoms with Gasteiger partial charge in [-0.25, -0.2) is 4.98 Å². The van der Waals surface area contributed by atoms with Crippen molar-refractivity contribution in [2.24, 2.45) is 0 Å². The summed E-state index contributed by atoms with van der Waals surface area (Å²) in [4.78, 5) is 4.34. The van der Waals surface area contributed by atoms with E-state index in [1.165, 1.54) is 17.8 Å². The molecule has 0 amide bonds. The highest BCUT2D eigenvalue weighted by Crippen LogP contribution is 2.41. The number of nitrogens with zero attached hydrogens (tertiary/aromatic N) is 1. The van der Waals surface area contributed by atoms with Crippen LogP contribution < -0.4 is 0 Å². The molecule has 1 aliphatic carbocycles. The van der Waals surface area contributed by atoms with Gasteiger partial charge in [-0.2, -0.15) is 0 Å². The zero-order valence-corrected chi connectivity index (χ0v) is 7.27. The van der Waals surface area contributed by atoms with Crippen molar-refractivity contribution in [3.63, 3.8) is 0 Å². The summed E-state index contributed by atoms with van der Waals surface area (Å²) < 4.78 is 0. The molecule has 0 saturated heterocycles. The summed E-state index contributed by atoms with van der Waals surface area (Å²) in [7, 11) is 0. The fourth-order valence-corrected chi connectivity index (χ4v) is 2.09. The van der Waals surface area contributed by atoms with Crippen molar-refractivity contribution < 1.29 is 5.11 Å². The Morgan fingerprint density at radius 2 is 2.45 bits per heavy atom. The molecule has 0 spiro atoms. The molecule has 0 radical (unpaired) electrons. The van der Waals surface area contributed by atoms with Gasteiger partial charge in [0.05, 0.1) is 16.8 Å². The van der Waals surface area contributed by atoms with Crippen molar-refractivity contribution in [3.05, 3.63) is 16.1 Å². The van der Waals surface area contributed by atoms with Crippen LogP contribution in [0.15, 0.2) is 5.38 Å². The molecule has 1 fully saturated rings. The Balaban J connectivity index is 2.18. The van der Waals surface area contributed by atoms with E-state index in [9.17, 15) is 5.11 Å². The monoisotopic (exact) mass is 169 g/mol. The summed E-state index contributed by atoms with van der Waals surface area (Å²) in [6.45, 7) is 1.76. The van der Waals surface area contributed by atoms with Crippen LogP contribution in [0.3, 0.4) is 0 Å². The molecule has 60 valence electrons. The molecule has 0 aromatic carbocycles. The van der Waals surface area contributed by atoms with Crippen LogP contribution >= 0.6 is 11.3 Å². The maximum Gasteiger partial charge on any atom is 0.0960 e. The van der Waals surface area contributed by atoms with Gasteiger partial charge in [-0.05, 0) is 19.8 Å². The molecule has 1 unspecified atom stereocenters. The minimum atomic E-state index is -0.404. The second kappa shape index (κ2) is 2.57. The molecule has 3 heteroatoms. The van der Waals surface area contributed by atoms with Gasteiger partial charge in [-0.3, -0.25) is 0 Å². The van der Waals surface area contributed by atoms with E-state index in [1.54, 1.807) is 18.3 Å². The summed E-state index contributed by atoms with van der Waals surface area (Å²) in [5.41, 5.74) is 0.830. The molecule has 1 aliphatic rings. The number of aliphatic hydroxyl groups excluding tert-OH is 1. The minimum Gasteiger partial charge on any atom is -0.387 e. The van der Waals surface area contributed by atoms with Crippen LogP contribution in [0.25, 0.3) is 0 Å². The van der Waals surface area contributed by atoms with Crippen LogP contribution in [0.5, 0.6) is 0 Å². The SMILES string of the molecule is CC(O)c1csc(C2CC2)n1. The summed E-state index contributed by atoms with van der Waals surface area (Å²) in [5.74, 6) is 0.715. The fourth-order valence-electron chi connectivity index (χ4n) is 1.01. The van der Waals surface area contributed by atoms with Crippen molar-refractivity contribution in [3.8, 4) is 0 Å². The molecule has 2 rings (SSSR count). The Kier molecular flexibility index (Phi) is 1.69. The Morgan fingerprint density at radius 1 is 1.73 bits per heavy atom. The fraction of sp³-hybridized carbons (Fsp3) is 0.625. The third-order valence-electron chi connectivity index (χ3n) is 1.89. The Bertz CT molecular complexity index is 236. The van der Waals surface area contributed by atoms with Gasteiger partial charge in [0, 0.05) is 11.3 Å². The van der Waals surface area contributed by atoms with Gasteiger partial charge >= 0.3 is 0 Å². The lowest BCUT2D eigenvalue weighted by molar-refractivity contribution is 0.195. The highest BCUT2D eigenvalue weighted by atomic mass is 32.1. The molecule has 1 aromatic heterocycles. The largest absolute Gasteiger partial charge is 0.387 e. The number of aromatic nitrogens is 1. The molecule has 1 aromatic rings. The Labute approximate surface area is 69.9 Å². The van der Waals surface area contributed by atoms with Crippen LogP contribution in [0.2, 0.25) is 0 Å². The predicted molar refractivity (Wildman–Crippen MR) is 44.7 cm³/mol. The van der Waals surface area contributed by atoms with E-state index >= 15 is 0 Å².